The number of hydrogen-bond acceptors (Lipinski definition) is 3. The number of imidazole rings is 1. The van der Waals surface area contributed by atoms with Gasteiger partial charge in [0.2, 0.25) is 0 Å². The van der Waals surface area contributed by atoms with Crippen molar-refractivity contribution in [1.82, 2.24) is 14.5 Å². The zero-order valence-corrected chi connectivity index (χ0v) is 39.8. The molecule has 0 saturated carbocycles. The van der Waals surface area contributed by atoms with E-state index in [4.69, 9.17) is 23.7 Å². The third kappa shape index (κ3) is 9.11. The fraction of sp³-hybridized carbons (Fsp3) is 0.276. The van der Waals surface area contributed by atoms with Crippen LogP contribution in [0.15, 0.2) is 127 Å². The third-order valence-corrected chi connectivity index (χ3v) is 11.7. The van der Waals surface area contributed by atoms with Gasteiger partial charge in [-0.25, -0.2) is 4.98 Å². The monoisotopic (exact) mass is 1020 g/mol. The number of para-hydroxylation sites is 1. The zero-order chi connectivity index (χ0) is 52.7. The molecule has 0 spiro atoms. The van der Waals surface area contributed by atoms with Crippen molar-refractivity contribution in [3.05, 3.63) is 167 Å². The maximum atomic E-state index is 12.3. The topological polar surface area (TPSA) is 50.9 Å². The van der Waals surface area contributed by atoms with Crippen LogP contribution in [-0.4, -0.2) is 19.6 Å². The van der Waals surface area contributed by atoms with Crippen LogP contribution in [0.2, 0.25) is 0 Å². The number of benzene rings is 6. The van der Waals surface area contributed by atoms with E-state index in [1.807, 2.05) is 66.9 Å². The Balaban J connectivity index is 0.00000780. The second kappa shape index (κ2) is 17.5. The first-order valence-electron chi connectivity index (χ1n) is 26.3. The van der Waals surface area contributed by atoms with Gasteiger partial charge in [0.15, 0.2) is 0 Å². The molecule has 0 amide bonds. The fourth-order valence-corrected chi connectivity index (χ4v) is 7.95. The van der Waals surface area contributed by atoms with Gasteiger partial charge in [-0.1, -0.05) is 170 Å². The summed E-state index contributed by atoms with van der Waals surface area (Å²) >= 11 is 0. The Morgan fingerprint density at radius 1 is 0.651 bits per heavy atom. The molecule has 1 N–H and O–H groups in total. The summed E-state index contributed by atoms with van der Waals surface area (Å²) in [4.78, 5) is 10.2. The summed E-state index contributed by atoms with van der Waals surface area (Å²) in [5.74, 6) is 0.651. The number of phenolic OH excluding ortho intramolecular Hbond substituents is 1. The number of hydrogen-bond donors (Lipinski definition) is 1. The van der Waals surface area contributed by atoms with E-state index in [2.05, 4.69) is 85.7 Å². The van der Waals surface area contributed by atoms with Gasteiger partial charge in [-0.3, -0.25) is 9.55 Å². The summed E-state index contributed by atoms with van der Waals surface area (Å²) < 4.78 is 86.0. The Morgan fingerprint density at radius 3 is 2.00 bits per heavy atom. The van der Waals surface area contributed by atoms with Crippen LogP contribution in [0, 0.1) is 19.8 Å². The van der Waals surface area contributed by atoms with Crippen LogP contribution >= 0.6 is 0 Å². The summed E-state index contributed by atoms with van der Waals surface area (Å²) in [7, 11) is 0. The molecule has 0 aliphatic rings. The second-order valence-corrected chi connectivity index (χ2v) is 18.9. The van der Waals surface area contributed by atoms with Gasteiger partial charge in [-0.2, -0.15) is 0 Å². The Kier molecular flexibility index (Phi) is 9.44. The van der Waals surface area contributed by atoms with E-state index in [1.165, 1.54) is 6.20 Å². The van der Waals surface area contributed by atoms with Gasteiger partial charge < -0.3 is 5.11 Å². The largest absolute Gasteiger partial charge is 0.507 e. The van der Waals surface area contributed by atoms with Crippen LogP contribution in [0.4, 0.5) is 0 Å². The van der Waals surface area contributed by atoms with Gasteiger partial charge in [0.25, 0.3) is 0 Å². The number of aromatic hydroxyl groups is 1. The van der Waals surface area contributed by atoms with Crippen molar-refractivity contribution >= 4 is 11.0 Å². The van der Waals surface area contributed by atoms with E-state index in [0.29, 0.717) is 56.1 Å². The van der Waals surface area contributed by atoms with Gasteiger partial charge in [0.05, 0.1) is 27.8 Å². The standard InChI is InChI=1S/C58H60N3O.Pt/c1-35(2)42-32-48(36(3)4)55(62)50(33-42)56-60-54-47(14-13-15-53(54)61(56)52-25-18-38(6)28-49(52)40-21-23-45(24-22-40)57(7,8)9)43-29-44(31-46(30-43)58(10,11)12)51-34-41(26-27-59-51)39-19-16-37(5)17-20-39;/h13-28,30-36,62H,1-12H3;/q-1;/i5D3,6D3,16D,17D,19D,20D;. The van der Waals surface area contributed by atoms with Crippen molar-refractivity contribution in [2.75, 3.05) is 0 Å². The molecule has 0 atom stereocenters. The molecule has 8 rings (SSSR count). The number of nitrogens with zero attached hydrogens (tertiary/aromatic N) is 3. The summed E-state index contributed by atoms with van der Waals surface area (Å²) in [5.41, 5.74) is 9.54. The molecular formula is C58H60N3OPt-. The fourth-order valence-electron chi connectivity index (χ4n) is 7.95. The molecule has 324 valence electrons. The number of phenols is 1. The SMILES string of the molecule is [2H]c1c([2H])c(C([2H])([2H])[2H])c([2H])c([2H])c1-c1ccnc(-c2[c-]c(-c3cccc4c3nc(-c3cc(C(C)C)cc(C(C)C)c3O)n4-c3ccc(C([2H])([2H])[2H])cc3-c3ccc(C(C)(C)C)cc3)cc(C(C)(C)C)c2)c1.[Pt]. The molecular weight excluding hydrogens is 950 g/mol. The molecule has 0 bridgehead atoms. The third-order valence-electron chi connectivity index (χ3n) is 11.7. The maximum absolute atomic E-state index is 12.3. The summed E-state index contributed by atoms with van der Waals surface area (Å²) in [5, 5.41) is 12.3. The second-order valence-electron chi connectivity index (χ2n) is 18.9. The number of fused-ring (bicyclic) bond motifs is 1. The molecule has 0 saturated heterocycles. The predicted molar refractivity (Wildman–Crippen MR) is 262 cm³/mol. The van der Waals surface area contributed by atoms with E-state index in [0.717, 1.165) is 33.4 Å². The van der Waals surface area contributed by atoms with E-state index < -0.39 is 43.4 Å². The Bertz CT molecular complexity index is 3380. The molecule has 2 heterocycles. The van der Waals surface area contributed by atoms with E-state index in [9.17, 15) is 5.11 Å². The van der Waals surface area contributed by atoms with Crippen molar-refractivity contribution in [2.45, 2.75) is 106 Å². The van der Waals surface area contributed by atoms with Crippen molar-refractivity contribution < 1.29 is 39.9 Å². The van der Waals surface area contributed by atoms with Crippen LogP contribution in [0.3, 0.4) is 0 Å². The molecule has 5 heteroatoms. The van der Waals surface area contributed by atoms with Crippen molar-refractivity contribution in [1.29, 1.82) is 0 Å². The number of aromatic nitrogens is 3. The molecule has 0 aliphatic heterocycles. The van der Waals surface area contributed by atoms with Crippen LogP contribution in [0.1, 0.15) is 128 Å². The molecule has 8 aromatic rings. The van der Waals surface area contributed by atoms with E-state index in [-0.39, 0.29) is 60.6 Å². The average molecular weight is 1020 g/mol. The van der Waals surface area contributed by atoms with Crippen molar-refractivity contribution in [3.8, 4) is 67.5 Å². The van der Waals surface area contributed by atoms with Crippen LogP contribution in [0.25, 0.3) is 72.7 Å². The average Bonchev–Trinajstić information content (AvgIpc) is 3.69. The summed E-state index contributed by atoms with van der Waals surface area (Å²) in [6, 6.07) is 32.1. The normalized spacial score (nSPS) is 14.7. The minimum atomic E-state index is -2.85. The number of aryl methyl sites for hydroxylation is 1. The molecule has 2 aromatic heterocycles. The first-order valence-corrected chi connectivity index (χ1v) is 21.3. The molecule has 0 aliphatic carbocycles. The Labute approximate surface area is 403 Å². The Morgan fingerprint density at radius 2 is 1.35 bits per heavy atom. The molecule has 4 nitrogen and oxygen atoms in total. The molecule has 63 heavy (non-hydrogen) atoms. The Hall–Kier alpha value is -5.57. The summed E-state index contributed by atoms with van der Waals surface area (Å²) in [6.07, 6.45) is 1.52. The van der Waals surface area contributed by atoms with Gasteiger partial charge in [-0.15, -0.1) is 29.3 Å². The van der Waals surface area contributed by atoms with Crippen LogP contribution in [0.5, 0.6) is 5.75 Å². The first kappa shape index (κ1) is 33.9. The molecule has 0 unspecified atom stereocenters. The van der Waals surface area contributed by atoms with Gasteiger partial charge >= 0.3 is 0 Å². The minimum Gasteiger partial charge on any atom is -0.507 e. The van der Waals surface area contributed by atoms with Crippen LogP contribution in [-0.2, 0) is 31.9 Å². The molecule has 0 radical (unpaired) electrons. The number of pyridine rings is 1. The van der Waals surface area contributed by atoms with Gasteiger partial charge in [0, 0.05) is 46.7 Å². The number of rotatable bonds is 8. The van der Waals surface area contributed by atoms with E-state index in [1.54, 1.807) is 24.3 Å². The predicted octanol–water partition coefficient (Wildman–Crippen LogP) is 15.7. The van der Waals surface area contributed by atoms with Crippen molar-refractivity contribution in [2.24, 2.45) is 0 Å². The van der Waals surface area contributed by atoms with Gasteiger partial charge in [0.1, 0.15) is 11.6 Å². The quantitative estimate of drug-likeness (QED) is 0.154. The molecule has 6 aromatic carbocycles. The maximum Gasteiger partial charge on any atom is 0.148 e. The smallest absolute Gasteiger partial charge is 0.148 e. The summed E-state index contributed by atoms with van der Waals surface area (Å²) in [6.45, 7) is 15.8. The van der Waals surface area contributed by atoms with Gasteiger partial charge in [-0.05, 0) is 100 Å². The first-order chi connectivity index (χ1) is 33.5. The minimum absolute atomic E-state index is 0. The zero-order valence-electron chi connectivity index (χ0n) is 47.6. The van der Waals surface area contributed by atoms with Crippen molar-refractivity contribution in [3.63, 3.8) is 0 Å². The molecule has 0 fully saturated rings. The van der Waals surface area contributed by atoms with E-state index >= 15 is 0 Å². The van der Waals surface area contributed by atoms with Crippen LogP contribution < -0.4 is 0 Å².